The van der Waals surface area contributed by atoms with Crippen LogP contribution in [0.4, 0.5) is 0 Å². The summed E-state index contributed by atoms with van der Waals surface area (Å²) in [5, 5.41) is 3.28. The van der Waals surface area contributed by atoms with Crippen LogP contribution in [0.5, 0.6) is 11.5 Å². The Labute approximate surface area is 285 Å². The summed E-state index contributed by atoms with van der Waals surface area (Å²) in [6.45, 7) is 0.878. The summed E-state index contributed by atoms with van der Waals surface area (Å²) in [4.78, 5) is 14.5. The van der Waals surface area contributed by atoms with Crippen LogP contribution in [0, 0.1) is 0 Å². The van der Waals surface area contributed by atoms with Gasteiger partial charge in [-0.05, 0) is 73.8 Å². The minimum atomic E-state index is -4.29. The van der Waals surface area contributed by atoms with Crippen LogP contribution in [-0.2, 0) is 39.0 Å². The van der Waals surface area contributed by atoms with Crippen molar-refractivity contribution in [3.8, 4) is 11.5 Å². The third-order valence-electron chi connectivity index (χ3n) is 8.87. The summed E-state index contributed by atoms with van der Waals surface area (Å²) in [6.07, 6.45) is 4.24. The zero-order valence-corrected chi connectivity index (χ0v) is 28.6. The van der Waals surface area contributed by atoms with Crippen LogP contribution < -0.4 is 14.8 Å². The third kappa shape index (κ3) is 9.24. The molecule has 2 atom stereocenters. The molecular formula is C39H46N2O6S. The van der Waals surface area contributed by atoms with Crippen molar-refractivity contribution in [2.24, 2.45) is 0 Å². The molecule has 8 nitrogen and oxygen atoms in total. The first-order valence-electron chi connectivity index (χ1n) is 16.7. The number of aryl methyl sites for hydroxylation is 2. The van der Waals surface area contributed by atoms with Crippen molar-refractivity contribution in [1.82, 2.24) is 9.62 Å². The molecular weight excluding hydrogens is 625 g/mol. The smallest absolute Gasteiger partial charge is 0.266 e. The van der Waals surface area contributed by atoms with Gasteiger partial charge in [-0.3, -0.25) is 4.79 Å². The van der Waals surface area contributed by atoms with Gasteiger partial charge in [-0.15, -0.1) is 0 Å². The Morgan fingerprint density at radius 2 is 1.31 bits per heavy atom. The molecule has 0 unspecified atom stereocenters. The molecule has 254 valence electrons. The molecule has 1 aliphatic rings. The quantitative estimate of drug-likeness (QED) is 0.136. The number of carbonyl (C=O) groups is 1. The van der Waals surface area contributed by atoms with Gasteiger partial charge in [0.2, 0.25) is 0 Å². The van der Waals surface area contributed by atoms with E-state index in [2.05, 4.69) is 29.6 Å². The van der Waals surface area contributed by atoms with Crippen molar-refractivity contribution in [1.29, 1.82) is 0 Å². The number of ether oxygens (including phenoxy) is 3. The van der Waals surface area contributed by atoms with E-state index in [9.17, 15) is 13.2 Å². The van der Waals surface area contributed by atoms with E-state index in [0.29, 0.717) is 38.2 Å². The van der Waals surface area contributed by atoms with Gasteiger partial charge >= 0.3 is 0 Å². The van der Waals surface area contributed by atoms with Crippen LogP contribution in [0.2, 0.25) is 0 Å². The van der Waals surface area contributed by atoms with Gasteiger partial charge in [0, 0.05) is 18.7 Å². The van der Waals surface area contributed by atoms with Crippen LogP contribution in [0.15, 0.2) is 114 Å². The van der Waals surface area contributed by atoms with E-state index >= 15 is 0 Å². The molecule has 1 fully saturated rings. The standard InChI is InChI=1S/C39H46N2O6S/c1-45-37-25-24-35(27-38(37)46-2)48(43,44)41(39(42)36-26-34(28-40-36)47-29-32-18-10-5-11-19-32)33(22-12-20-30-14-6-3-7-15-30)23-13-21-31-16-8-4-9-17-31/h3-11,14-19,24-25,27,33-34,36,40H,12-13,20-23,26,28-29H2,1-2H3/t34-,36+/m1/s1. The molecule has 1 heterocycles. The molecule has 48 heavy (non-hydrogen) atoms. The fourth-order valence-electron chi connectivity index (χ4n) is 6.30. The lowest BCUT2D eigenvalue weighted by Gasteiger charge is -2.33. The second kappa shape index (κ2) is 17.3. The van der Waals surface area contributed by atoms with Crippen molar-refractivity contribution in [3.05, 3.63) is 126 Å². The zero-order chi connectivity index (χ0) is 33.8. The molecule has 4 aromatic rings. The van der Waals surface area contributed by atoms with Crippen molar-refractivity contribution in [2.45, 2.75) is 74.6 Å². The van der Waals surface area contributed by atoms with Gasteiger partial charge in [-0.1, -0.05) is 91.0 Å². The predicted molar refractivity (Wildman–Crippen MR) is 188 cm³/mol. The monoisotopic (exact) mass is 670 g/mol. The van der Waals surface area contributed by atoms with Crippen molar-refractivity contribution in [2.75, 3.05) is 20.8 Å². The number of methoxy groups -OCH3 is 2. The lowest BCUT2D eigenvalue weighted by Crippen LogP contribution is -2.51. The van der Waals surface area contributed by atoms with E-state index in [-0.39, 0.29) is 16.7 Å². The molecule has 4 aromatic carbocycles. The summed E-state index contributed by atoms with van der Waals surface area (Å²) in [7, 11) is -1.33. The van der Waals surface area contributed by atoms with Gasteiger partial charge in [0.15, 0.2) is 11.5 Å². The van der Waals surface area contributed by atoms with E-state index in [1.807, 2.05) is 66.7 Å². The second-order valence-corrected chi connectivity index (χ2v) is 14.0. The third-order valence-corrected chi connectivity index (χ3v) is 10.7. The molecule has 1 saturated heterocycles. The van der Waals surface area contributed by atoms with Gasteiger partial charge < -0.3 is 19.5 Å². The van der Waals surface area contributed by atoms with Gasteiger partial charge in [0.1, 0.15) is 0 Å². The molecule has 1 N–H and O–H groups in total. The molecule has 1 amide bonds. The lowest BCUT2D eigenvalue weighted by molar-refractivity contribution is -0.130. The maximum absolute atomic E-state index is 14.6. The van der Waals surface area contributed by atoms with Crippen LogP contribution >= 0.6 is 0 Å². The molecule has 9 heteroatoms. The minimum Gasteiger partial charge on any atom is -0.493 e. The molecule has 0 saturated carbocycles. The summed E-state index contributed by atoms with van der Waals surface area (Å²) < 4.78 is 47.4. The van der Waals surface area contributed by atoms with Crippen molar-refractivity contribution < 1.29 is 27.4 Å². The highest BCUT2D eigenvalue weighted by molar-refractivity contribution is 7.89. The van der Waals surface area contributed by atoms with Crippen LogP contribution in [0.3, 0.4) is 0 Å². The first-order chi connectivity index (χ1) is 23.4. The SMILES string of the molecule is COc1ccc(S(=O)(=O)N(C(=O)[C@@H]2C[C@@H](OCc3ccccc3)CN2)C(CCCc2ccccc2)CCCc2ccccc2)cc1OC. The first kappa shape index (κ1) is 35.1. The van der Waals surface area contributed by atoms with E-state index in [0.717, 1.165) is 31.2 Å². The number of carbonyl (C=O) groups excluding carboxylic acids is 1. The summed E-state index contributed by atoms with van der Waals surface area (Å²) in [5.41, 5.74) is 3.40. The van der Waals surface area contributed by atoms with Gasteiger partial charge in [0.05, 0.1) is 37.9 Å². The Hall–Kier alpha value is -4.18. The Morgan fingerprint density at radius 3 is 1.85 bits per heavy atom. The largest absolute Gasteiger partial charge is 0.493 e. The number of rotatable bonds is 17. The Kier molecular flexibility index (Phi) is 12.7. The van der Waals surface area contributed by atoms with Crippen molar-refractivity contribution >= 4 is 15.9 Å². The molecule has 5 rings (SSSR count). The Balaban J connectivity index is 1.42. The van der Waals surface area contributed by atoms with Crippen molar-refractivity contribution in [3.63, 3.8) is 0 Å². The summed E-state index contributed by atoms with van der Waals surface area (Å²) in [6, 6.07) is 33.4. The topological polar surface area (TPSA) is 94.2 Å². The lowest BCUT2D eigenvalue weighted by atomic mass is 9.98. The van der Waals surface area contributed by atoms with Crippen LogP contribution in [0.1, 0.15) is 48.8 Å². The Bertz CT molecular complexity index is 1640. The number of nitrogens with zero attached hydrogens (tertiary/aromatic N) is 1. The normalized spacial score (nSPS) is 16.1. The van der Waals surface area contributed by atoms with E-state index < -0.39 is 28.0 Å². The summed E-state index contributed by atoms with van der Waals surface area (Å²) >= 11 is 0. The van der Waals surface area contributed by atoms with Gasteiger partial charge in [-0.2, -0.15) is 0 Å². The number of hydrogen-bond acceptors (Lipinski definition) is 7. The highest BCUT2D eigenvalue weighted by Crippen LogP contribution is 2.33. The fourth-order valence-corrected chi connectivity index (χ4v) is 7.99. The van der Waals surface area contributed by atoms with Crippen LogP contribution in [0.25, 0.3) is 0 Å². The average Bonchev–Trinajstić information content (AvgIpc) is 3.61. The predicted octanol–water partition coefficient (Wildman–Crippen LogP) is 6.58. The molecule has 0 aromatic heterocycles. The maximum atomic E-state index is 14.6. The van der Waals surface area contributed by atoms with Gasteiger partial charge in [0.25, 0.3) is 15.9 Å². The number of sulfonamides is 1. The van der Waals surface area contributed by atoms with E-state index in [1.54, 1.807) is 6.07 Å². The number of benzene rings is 4. The zero-order valence-electron chi connectivity index (χ0n) is 27.8. The minimum absolute atomic E-state index is 0.0144. The number of nitrogens with one attached hydrogen (secondary N) is 1. The summed E-state index contributed by atoms with van der Waals surface area (Å²) in [5.74, 6) is 0.233. The van der Waals surface area contributed by atoms with E-state index in [1.165, 1.54) is 41.8 Å². The van der Waals surface area contributed by atoms with Crippen LogP contribution in [-0.4, -0.2) is 57.6 Å². The first-order valence-corrected chi connectivity index (χ1v) is 18.1. The molecule has 0 radical (unpaired) electrons. The molecule has 0 aliphatic carbocycles. The number of hydrogen-bond donors (Lipinski definition) is 1. The fraction of sp³-hybridized carbons (Fsp3) is 0.359. The molecule has 0 spiro atoms. The van der Waals surface area contributed by atoms with Gasteiger partial charge in [-0.25, -0.2) is 12.7 Å². The molecule has 1 aliphatic heterocycles. The molecule has 0 bridgehead atoms. The Morgan fingerprint density at radius 1 is 0.771 bits per heavy atom. The average molecular weight is 671 g/mol. The second-order valence-electron chi connectivity index (χ2n) is 12.2. The highest BCUT2D eigenvalue weighted by atomic mass is 32.2. The van der Waals surface area contributed by atoms with E-state index in [4.69, 9.17) is 14.2 Å². The maximum Gasteiger partial charge on any atom is 0.266 e. The number of amides is 1. The highest BCUT2D eigenvalue weighted by Gasteiger charge is 2.42.